The number of ketones is 1. The van der Waals surface area contributed by atoms with Crippen LogP contribution in [0, 0.1) is 0 Å². The highest BCUT2D eigenvalue weighted by Gasteiger charge is 2.25. The summed E-state index contributed by atoms with van der Waals surface area (Å²) in [6.45, 7) is 0. The quantitative estimate of drug-likeness (QED) is 0.733. The summed E-state index contributed by atoms with van der Waals surface area (Å²) in [4.78, 5) is 12.0. The van der Waals surface area contributed by atoms with Crippen molar-refractivity contribution in [1.82, 2.24) is 0 Å². The molecule has 1 aliphatic rings. The molecule has 18 heavy (non-hydrogen) atoms. The van der Waals surface area contributed by atoms with Gasteiger partial charge < -0.3 is 0 Å². The molecule has 0 fully saturated rings. The van der Waals surface area contributed by atoms with E-state index in [0.29, 0.717) is 12.3 Å². The molecule has 1 heteroatoms. The fraction of sp³-hybridized carbons (Fsp3) is 0.235. The smallest absolute Gasteiger partial charge is 0.162 e. The second-order valence-corrected chi connectivity index (χ2v) is 4.93. The number of fused-ring (bicyclic) bond motifs is 1. The van der Waals surface area contributed by atoms with Crippen LogP contribution in [0.15, 0.2) is 54.6 Å². The number of carbonyl (C=O) groups excluding carboxylic acids is 1. The number of hydrogen-bond acceptors (Lipinski definition) is 1. The van der Waals surface area contributed by atoms with Crippen molar-refractivity contribution >= 4 is 5.78 Å². The van der Waals surface area contributed by atoms with Crippen molar-refractivity contribution in [2.24, 2.45) is 0 Å². The highest BCUT2D eigenvalue weighted by Crippen LogP contribution is 2.38. The average molecular weight is 236 g/mol. The summed E-state index contributed by atoms with van der Waals surface area (Å²) in [5.74, 6) is 0.855. The van der Waals surface area contributed by atoms with Gasteiger partial charge in [-0.1, -0.05) is 54.6 Å². The second-order valence-electron chi connectivity index (χ2n) is 4.93. The lowest BCUT2D eigenvalue weighted by Gasteiger charge is -2.29. The molecular weight excluding hydrogens is 220 g/mol. The zero-order chi connectivity index (χ0) is 12.4. The Balaban J connectivity index is 1.59. The van der Waals surface area contributed by atoms with Gasteiger partial charge in [-0.15, -0.1) is 0 Å². The van der Waals surface area contributed by atoms with Crippen molar-refractivity contribution < 1.29 is 4.79 Å². The lowest BCUT2D eigenvalue weighted by Crippen LogP contribution is -2.17. The summed E-state index contributed by atoms with van der Waals surface area (Å²) >= 11 is 0. The molecule has 90 valence electrons. The van der Waals surface area contributed by atoms with Gasteiger partial charge in [0.1, 0.15) is 0 Å². The fourth-order valence-corrected chi connectivity index (χ4v) is 2.69. The first kappa shape index (κ1) is 11.2. The maximum absolute atomic E-state index is 12.0. The number of Topliss-reactive ketones (excluding diaryl/α,β-unsaturated/α-hetero) is 1. The lowest BCUT2D eigenvalue weighted by molar-refractivity contribution is 0.0976. The monoisotopic (exact) mass is 236 g/mol. The molecule has 0 heterocycles. The van der Waals surface area contributed by atoms with E-state index < -0.39 is 0 Å². The SMILES string of the molecule is O=C(CCC1Cc2ccccc21)c1ccccc1. The van der Waals surface area contributed by atoms with Crippen molar-refractivity contribution in [2.75, 3.05) is 0 Å². The van der Waals surface area contributed by atoms with Gasteiger partial charge in [0.2, 0.25) is 0 Å². The van der Waals surface area contributed by atoms with Crippen LogP contribution in [-0.4, -0.2) is 5.78 Å². The van der Waals surface area contributed by atoms with Crippen molar-refractivity contribution in [3.63, 3.8) is 0 Å². The van der Waals surface area contributed by atoms with E-state index >= 15 is 0 Å². The van der Waals surface area contributed by atoms with E-state index in [2.05, 4.69) is 24.3 Å². The largest absolute Gasteiger partial charge is 0.294 e. The maximum atomic E-state index is 12.0. The molecule has 0 radical (unpaired) electrons. The Kier molecular flexibility index (Phi) is 2.97. The van der Waals surface area contributed by atoms with Crippen molar-refractivity contribution in [1.29, 1.82) is 0 Å². The molecule has 0 spiro atoms. The molecule has 1 nitrogen and oxygen atoms in total. The second kappa shape index (κ2) is 4.77. The van der Waals surface area contributed by atoms with E-state index in [1.807, 2.05) is 30.3 Å². The van der Waals surface area contributed by atoms with Gasteiger partial charge in [-0.3, -0.25) is 4.79 Å². The minimum Gasteiger partial charge on any atom is -0.294 e. The highest BCUT2D eigenvalue weighted by molar-refractivity contribution is 5.96. The number of carbonyl (C=O) groups is 1. The Bertz CT molecular complexity index is 557. The molecule has 1 aliphatic carbocycles. The zero-order valence-corrected chi connectivity index (χ0v) is 10.3. The van der Waals surface area contributed by atoms with Crippen molar-refractivity contribution in [2.45, 2.75) is 25.2 Å². The fourth-order valence-electron chi connectivity index (χ4n) is 2.69. The summed E-state index contributed by atoms with van der Waals surface area (Å²) in [5, 5.41) is 0. The molecule has 2 aromatic carbocycles. The number of rotatable bonds is 4. The van der Waals surface area contributed by atoms with Gasteiger partial charge in [-0.25, -0.2) is 0 Å². The van der Waals surface area contributed by atoms with Crippen LogP contribution in [0.25, 0.3) is 0 Å². The van der Waals surface area contributed by atoms with E-state index in [1.165, 1.54) is 11.1 Å². The molecule has 0 saturated heterocycles. The summed E-state index contributed by atoms with van der Waals surface area (Å²) in [7, 11) is 0. The molecule has 2 aromatic rings. The lowest BCUT2D eigenvalue weighted by atomic mass is 9.75. The minimum absolute atomic E-state index is 0.264. The Morgan fingerprint density at radius 1 is 1.00 bits per heavy atom. The Morgan fingerprint density at radius 3 is 2.50 bits per heavy atom. The van der Waals surface area contributed by atoms with Crippen LogP contribution in [0.5, 0.6) is 0 Å². The molecular formula is C17H16O. The number of hydrogen-bond donors (Lipinski definition) is 0. The van der Waals surface area contributed by atoms with Gasteiger partial charge in [-0.05, 0) is 29.9 Å². The van der Waals surface area contributed by atoms with E-state index in [-0.39, 0.29) is 5.78 Å². The molecule has 1 atom stereocenters. The van der Waals surface area contributed by atoms with Gasteiger partial charge in [0.25, 0.3) is 0 Å². The molecule has 1 unspecified atom stereocenters. The van der Waals surface area contributed by atoms with E-state index in [9.17, 15) is 4.79 Å². The third-order valence-corrected chi connectivity index (χ3v) is 3.78. The van der Waals surface area contributed by atoms with Crippen LogP contribution in [0.3, 0.4) is 0 Å². The molecule has 0 bridgehead atoms. The average Bonchev–Trinajstić information content (AvgIpc) is 2.40. The van der Waals surface area contributed by atoms with E-state index in [4.69, 9.17) is 0 Å². The molecule has 0 aromatic heterocycles. The van der Waals surface area contributed by atoms with Gasteiger partial charge in [0, 0.05) is 12.0 Å². The van der Waals surface area contributed by atoms with Crippen LogP contribution in [0.4, 0.5) is 0 Å². The summed E-state index contributed by atoms with van der Waals surface area (Å²) in [6.07, 6.45) is 2.77. The third kappa shape index (κ3) is 2.08. The van der Waals surface area contributed by atoms with Gasteiger partial charge >= 0.3 is 0 Å². The normalized spacial score (nSPS) is 16.8. The number of benzene rings is 2. The molecule has 3 rings (SSSR count). The molecule has 0 aliphatic heterocycles. The summed E-state index contributed by atoms with van der Waals surface area (Å²) in [6, 6.07) is 18.1. The van der Waals surface area contributed by atoms with Crippen LogP contribution < -0.4 is 0 Å². The topological polar surface area (TPSA) is 17.1 Å². The molecule has 0 amide bonds. The Morgan fingerprint density at radius 2 is 1.72 bits per heavy atom. The summed E-state index contributed by atoms with van der Waals surface area (Å²) in [5.41, 5.74) is 3.73. The van der Waals surface area contributed by atoms with E-state index in [1.54, 1.807) is 0 Å². The van der Waals surface area contributed by atoms with Crippen LogP contribution in [0.2, 0.25) is 0 Å². The predicted octanol–water partition coefficient (Wildman–Crippen LogP) is 3.99. The van der Waals surface area contributed by atoms with Crippen LogP contribution in [0.1, 0.15) is 40.2 Å². The molecule has 0 saturated carbocycles. The van der Waals surface area contributed by atoms with Crippen molar-refractivity contribution in [3.8, 4) is 0 Å². The standard InChI is InChI=1S/C17H16O/c18-17(13-6-2-1-3-7-13)11-10-15-12-14-8-4-5-9-16(14)15/h1-9,15H,10-12H2. The van der Waals surface area contributed by atoms with Gasteiger partial charge in [0.05, 0.1) is 0 Å². The van der Waals surface area contributed by atoms with Gasteiger partial charge in [0.15, 0.2) is 5.78 Å². The first-order chi connectivity index (χ1) is 8.84. The van der Waals surface area contributed by atoms with Crippen molar-refractivity contribution in [3.05, 3.63) is 71.3 Å². The minimum atomic E-state index is 0.264. The first-order valence-electron chi connectivity index (χ1n) is 6.50. The maximum Gasteiger partial charge on any atom is 0.162 e. The first-order valence-corrected chi connectivity index (χ1v) is 6.50. The predicted molar refractivity (Wildman–Crippen MR) is 72.9 cm³/mol. The Labute approximate surface area is 107 Å². The Hall–Kier alpha value is -1.89. The van der Waals surface area contributed by atoms with Crippen LogP contribution >= 0.6 is 0 Å². The van der Waals surface area contributed by atoms with Gasteiger partial charge in [-0.2, -0.15) is 0 Å². The highest BCUT2D eigenvalue weighted by atomic mass is 16.1. The summed E-state index contributed by atoms with van der Waals surface area (Å²) < 4.78 is 0. The van der Waals surface area contributed by atoms with Crippen LogP contribution in [-0.2, 0) is 6.42 Å². The van der Waals surface area contributed by atoms with E-state index in [0.717, 1.165) is 18.4 Å². The molecule has 0 N–H and O–H groups in total. The third-order valence-electron chi connectivity index (χ3n) is 3.78. The zero-order valence-electron chi connectivity index (χ0n) is 10.3.